The standard InChI is InChI=1S/C36H24N2/c1-2-8-28(9-3-1)38-35-13-7-5-11-31(35)32-22-26(19-21-36(32)38)24-14-16-25(17-15-24)27-18-20-30-29-10-4-6-12-33(29)37-34(30)23-27/h1-23,37H. The first kappa shape index (κ1) is 21.0. The Morgan fingerprint density at radius 2 is 0.947 bits per heavy atom. The normalized spacial score (nSPS) is 11.7. The van der Waals surface area contributed by atoms with Crippen LogP contribution in [-0.2, 0) is 0 Å². The van der Waals surface area contributed by atoms with Gasteiger partial charge in [0.15, 0.2) is 0 Å². The van der Waals surface area contributed by atoms with E-state index in [0.29, 0.717) is 0 Å². The molecule has 38 heavy (non-hydrogen) atoms. The minimum Gasteiger partial charge on any atom is -0.354 e. The molecular formula is C36H24N2. The molecule has 0 saturated carbocycles. The highest BCUT2D eigenvalue weighted by atomic mass is 15.0. The van der Waals surface area contributed by atoms with Gasteiger partial charge < -0.3 is 9.55 Å². The number of H-pyrrole nitrogens is 1. The number of benzene rings is 6. The van der Waals surface area contributed by atoms with Gasteiger partial charge in [0.2, 0.25) is 0 Å². The van der Waals surface area contributed by atoms with Crippen LogP contribution in [-0.4, -0.2) is 9.55 Å². The molecule has 0 aliphatic carbocycles. The Kier molecular flexibility index (Phi) is 4.55. The van der Waals surface area contributed by atoms with Crippen LogP contribution in [0, 0.1) is 0 Å². The first-order valence-corrected chi connectivity index (χ1v) is 13.0. The van der Waals surface area contributed by atoms with Crippen molar-refractivity contribution in [1.29, 1.82) is 0 Å². The largest absolute Gasteiger partial charge is 0.354 e. The van der Waals surface area contributed by atoms with E-state index in [1.807, 2.05) is 0 Å². The van der Waals surface area contributed by atoms with Crippen LogP contribution >= 0.6 is 0 Å². The van der Waals surface area contributed by atoms with Crippen LogP contribution in [0.25, 0.3) is 71.6 Å². The minimum absolute atomic E-state index is 1.17. The number of hydrogen-bond acceptors (Lipinski definition) is 0. The van der Waals surface area contributed by atoms with Crippen molar-refractivity contribution in [3.8, 4) is 27.9 Å². The molecule has 2 nitrogen and oxygen atoms in total. The highest BCUT2D eigenvalue weighted by Gasteiger charge is 2.13. The van der Waals surface area contributed by atoms with E-state index in [1.165, 1.54) is 71.6 Å². The number of rotatable bonds is 3. The van der Waals surface area contributed by atoms with Gasteiger partial charge in [-0.05, 0) is 64.7 Å². The highest BCUT2D eigenvalue weighted by molar-refractivity contribution is 6.10. The summed E-state index contributed by atoms with van der Waals surface area (Å²) in [5, 5.41) is 5.09. The molecule has 0 amide bonds. The molecule has 0 atom stereocenters. The summed E-state index contributed by atoms with van der Waals surface area (Å²) in [6.45, 7) is 0. The Bertz CT molecular complexity index is 2110. The summed E-state index contributed by atoms with van der Waals surface area (Å²) in [6, 6.07) is 50.3. The van der Waals surface area contributed by atoms with Crippen molar-refractivity contribution in [2.24, 2.45) is 0 Å². The molecule has 8 aromatic rings. The minimum atomic E-state index is 1.17. The lowest BCUT2D eigenvalue weighted by Gasteiger charge is -2.08. The molecule has 0 fully saturated rings. The van der Waals surface area contributed by atoms with Crippen LogP contribution < -0.4 is 0 Å². The molecule has 8 rings (SSSR count). The number of para-hydroxylation sites is 3. The van der Waals surface area contributed by atoms with Gasteiger partial charge in [-0.15, -0.1) is 0 Å². The lowest BCUT2D eigenvalue weighted by Crippen LogP contribution is -1.92. The van der Waals surface area contributed by atoms with E-state index in [2.05, 4.69) is 149 Å². The van der Waals surface area contributed by atoms with Gasteiger partial charge in [-0.1, -0.05) is 97.1 Å². The number of fused-ring (bicyclic) bond motifs is 6. The lowest BCUT2D eigenvalue weighted by atomic mass is 9.98. The van der Waals surface area contributed by atoms with Crippen molar-refractivity contribution >= 4 is 43.6 Å². The third-order valence-corrected chi connectivity index (χ3v) is 7.74. The summed E-state index contributed by atoms with van der Waals surface area (Å²) in [5.74, 6) is 0. The summed E-state index contributed by atoms with van der Waals surface area (Å²) in [6.07, 6.45) is 0. The maximum Gasteiger partial charge on any atom is 0.0541 e. The number of nitrogens with one attached hydrogen (secondary N) is 1. The molecule has 1 N–H and O–H groups in total. The summed E-state index contributed by atoms with van der Waals surface area (Å²) >= 11 is 0. The monoisotopic (exact) mass is 484 g/mol. The van der Waals surface area contributed by atoms with Crippen molar-refractivity contribution in [2.75, 3.05) is 0 Å². The number of nitrogens with zero attached hydrogens (tertiary/aromatic N) is 1. The highest BCUT2D eigenvalue weighted by Crippen LogP contribution is 2.36. The van der Waals surface area contributed by atoms with Crippen LogP contribution in [0.2, 0.25) is 0 Å². The van der Waals surface area contributed by atoms with Gasteiger partial charge in [0.1, 0.15) is 0 Å². The Morgan fingerprint density at radius 3 is 1.76 bits per heavy atom. The third kappa shape index (κ3) is 3.21. The molecule has 0 unspecified atom stereocenters. The van der Waals surface area contributed by atoms with Crippen LogP contribution in [0.4, 0.5) is 0 Å². The van der Waals surface area contributed by atoms with Crippen LogP contribution in [0.1, 0.15) is 0 Å². The Labute approximate surface area is 220 Å². The number of aromatic nitrogens is 2. The van der Waals surface area contributed by atoms with E-state index in [1.54, 1.807) is 0 Å². The van der Waals surface area contributed by atoms with Crippen LogP contribution in [0.3, 0.4) is 0 Å². The van der Waals surface area contributed by atoms with Gasteiger partial charge in [-0.3, -0.25) is 0 Å². The molecule has 2 heteroatoms. The molecule has 0 bridgehead atoms. The molecule has 178 valence electrons. The van der Waals surface area contributed by atoms with Crippen molar-refractivity contribution < 1.29 is 0 Å². The number of aromatic amines is 1. The van der Waals surface area contributed by atoms with Gasteiger partial charge in [0.05, 0.1) is 11.0 Å². The maximum atomic E-state index is 3.57. The molecule has 2 aromatic heterocycles. The van der Waals surface area contributed by atoms with E-state index in [-0.39, 0.29) is 0 Å². The molecule has 0 spiro atoms. The van der Waals surface area contributed by atoms with Crippen LogP contribution in [0.5, 0.6) is 0 Å². The molecule has 6 aromatic carbocycles. The molecule has 0 aliphatic heterocycles. The summed E-state index contributed by atoms with van der Waals surface area (Å²) < 4.78 is 2.36. The van der Waals surface area contributed by atoms with Crippen molar-refractivity contribution in [2.45, 2.75) is 0 Å². The van der Waals surface area contributed by atoms with Crippen molar-refractivity contribution in [3.63, 3.8) is 0 Å². The van der Waals surface area contributed by atoms with Crippen molar-refractivity contribution in [3.05, 3.63) is 140 Å². The molecule has 0 radical (unpaired) electrons. The average Bonchev–Trinajstić information content (AvgIpc) is 3.52. The number of hydrogen-bond donors (Lipinski definition) is 1. The summed E-state index contributed by atoms with van der Waals surface area (Å²) in [7, 11) is 0. The van der Waals surface area contributed by atoms with E-state index < -0.39 is 0 Å². The van der Waals surface area contributed by atoms with E-state index in [0.717, 1.165) is 0 Å². The average molecular weight is 485 g/mol. The molecule has 2 heterocycles. The molecule has 0 saturated heterocycles. The fourth-order valence-electron chi connectivity index (χ4n) is 5.90. The fraction of sp³-hybridized carbons (Fsp3) is 0. The second-order valence-electron chi connectivity index (χ2n) is 9.93. The summed E-state index contributed by atoms with van der Waals surface area (Å²) in [5.41, 5.74) is 10.9. The Hall–Kier alpha value is -5.08. The molecule has 0 aliphatic rings. The van der Waals surface area contributed by atoms with Gasteiger partial charge >= 0.3 is 0 Å². The maximum absolute atomic E-state index is 3.57. The summed E-state index contributed by atoms with van der Waals surface area (Å²) in [4.78, 5) is 3.57. The topological polar surface area (TPSA) is 20.7 Å². The first-order valence-electron chi connectivity index (χ1n) is 13.0. The van der Waals surface area contributed by atoms with Gasteiger partial charge in [-0.2, -0.15) is 0 Å². The van der Waals surface area contributed by atoms with Crippen LogP contribution in [0.15, 0.2) is 140 Å². The first-order chi connectivity index (χ1) is 18.8. The van der Waals surface area contributed by atoms with Gasteiger partial charge in [0, 0.05) is 38.3 Å². The lowest BCUT2D eigenvalue weighted by molar-refractivity contribution is 1.18. The predicted octanol–water partition coefficient (Wildman–Crippen LogP) is 9.75. The zero-order chi connectivity index (χ0) is 25.1. The second-order valence-corrected chi connectivity index (χ2v) is 9.93. The van der Waals surface area contributed by atoms with Crippen molar-refractivity contribution in [1.82, 2.24) is 9.55 Å². The van der Waals surface area contributed by atoms with E-state index in [4.69, 9.17) is 0 Å². The fourth-order valence-corrected chi connectivity index (χ4v) is 5.90. The Balaban J connectivity index is 1.21. The zero-order valence-corrected chi connectivity index (χ0v) is 20.7. The smallest absolute Gasteiger partial charge is 0.0541 e. The van der Waals surface area contributed by atoms with E-state index >= 15 is 0 Å². The second kappa shape index (κ2) is 8.22. The van der Waals surface area contributed by atoms with Gasteiger partial charge in [0.25, 0.3) is 0 Å². The van der Waals surface area contributed by atoms with E-state index in [9.17, 15) is 0 Å². The third-order valence-electron chi connectivity index (χ3n) is 7.74. The Morgan fingerprint density at radius 1 is 0.368 bits per heavy atom. The zero-order valence-electron chi connectivity index (χ0n) is 20.7. The SMILES string of the molecule is c1ccc(-n2c3ccccc3c3cc(-c4ccc(-c5ccc6c(c5)[nH]c5ccccc56)cc4)ccc32)cc1. The quantitative estimate of drug-likeness (QED) is 0.258. The molecular weight excluding hydrogens is 460 g/mol. The predicted molar refractivity (Wildman–Crippen MR) is 161 cm³/mol. The van der Waals surface area contributed by atoms with Gasteiger partial charge in [-0.25, -0.2) is 0 Å².